The molecule has 3 nitrogen and oxygen atoms in total. The van der Waals surface area contributed by atoms with Crippen molar-refractivity contribution < 1.29 is 18.0 Å². The Balaban J connectivity index is 2.79. The molecule has 21 heavy (non-hydrogen) atoms. The van der Waals surface area contributed by atoms with Crippen molar-refractivity contribution in [1.82, 2.24) is 5.32 Å². The van der Waals surface area contributed by atoms with Crippen LogP contribution in [0.2, 0.25) is 0 Å². The second kappa shape index (κ2) is 7.33. The third-order valence-electron chi connectivity index (χ3n) is 3.27. The van der Waals surface area contributed by atoms with E-state index in [4.69, 9.17) is 5.73 Å². The number of benzene rings is 1. The van der Waals surface area contributed by atoms with E-state index in [9.17, 15) is 18.0 Å². The van der Waals surface area contributed by atoms with Crippen LogP contribution in [0, 0.1) is 0 Å². The van der Waals surface area contributed by atoms with Gasteiger partial charge in [-0.05, 0) is 25.5 Å². The summed E-state index contributed by atoms with van der Waals surface area (Å²) in [6.45, 7) is 3.91. The van der Waals surface area contributed by atoms with Crippen LogP contribution in [0.1, 0.15) is 55.5 Å². The molecule has 3 N–H and O–H groups in total. The van der Waals surface area contributed by atoms with Gasteiger partial charge < -0.3 is 11.1 Å². The van der Waals surface area contributed by atoms with Crippen LogP contribution < -0.4 is 11.1 Å². The lowest BCUT2D eigenvalue weighted by Crippen LogP contribution is -2.33. The van der Waals surface area contributed by atoms with Gasteiger partial charge in [-0.25, -0.2) is 0 Å². The zero-order valence-electron chi connectivity index (χ0n) is 12.3. The molecule has 1 rings (SSSR count). The molecule has 1 aromatic carbocycles. The lowest BCUT2D eigenvalue weighted by atomic mass is 10.0. The van der Waals surface area contributed by atoms with Crippen LogP contribution in [0.15, 0.2) is 18.2 Å². The van der Waals surface area contributed by atoms with Crippen molar-refractivity contribution >= 4 is 11.6 Å². The number of para-hydroxylation sites is 1. The van der Waals surface area contributed by atoms with Crippen LogP contribution in [0.4, 0.5) is 18.9 Å². The molecule has 0 aromatic heterocycles. The van der Waals surface area contributed by atoms with Gasteiger partial charge in [-0.2, -0.15) is 13.2 Å². The normalized spacial score (nSPS) is 13.0. The first-order valence-corrected chi connectivity index (χ1v) is 7.04. The molecule has 0 saturated carbocycles. The topological polar surface area (TPSA) is 55.1 Å². The van der Waals surface area contributed by atoms with Crippen LogP contribution in [-0.2, 0) is 6.18 Å². The molecule has 0 radical (unpaired) electrons. The number of carbonyl (C=O) groups is 1. The summed E-state index contributed by atoms with van der Waals surface area (Å²) >= 11 is 0. The van der Waals surface area contributed by atoms with E-state index >= 15 is 0 Å². The number of unbranched alkanes of at least 4 members (excludes halogenated alkanes) is 2. The van der Waals surface area contributed by atoms with E-state index < -0.39 is 23.3 Å². The molecule has 0 aliphatic rings. The molecule has 0 bridgehead atoms. The molecule has 0 fully saturated rings. The third kappa shape index (κ3) is 4.95. The fourth-order valence-electron chi connectivity index (χ4n) is 2.08. The SMILES string of the molecule is CCCCCC(C)NC(=O)c1cccc(C(F)(F)F)c1N. The van der Waals surface area contributed by atoms with Gasteiger partial charge in [0.15, 0.2) is 0 Å². The summed E-state index contributed by atoms with van der Waals surface area (Å²) in [6, 6.07) is 3.27. The van der Waals surface area contributed by atoms with Gasteiger partial charge in [0, 0.05) is 6.04 Å². The number of nitrogens with one attached hydrogen (secondary N) is 1. The van der Waals surface area contributed by atoms with Gasteiger partial charge in [-0.1, -0.05) is 32.3 Å². The molecule has 118 valence electrons. The van der Waals surface area contributed by atoms with E-state index in [1.165, 1.54) is 12.1 Å². The summed E-state index contributed by atoms with van der Waals surface area (Å²) in [5, 5.41) is 2.69. The Morgan fingerprint density at radius 2 is 2.00 bits per heavy atom. The van der Waals surface area contributed by atoms with Crippen LogP contribution in [0.5, 0.6) is 0 Å². The Hall–Kier alpha value is -1.72. The second-order valence-corrected chi connectivity index (χ2v) is 5.13. The molecule has 1 aromatic rings. The van der Waals surface area contributed by atoms with Crippen LogP contribution in [0.3, 0.4) is 0 Å². The van der Waals surface area contributed by atoms with Crippen molar-refractivity contribution in [3.05, 3.63) is 29.3 Å². The summed E-state index contributed by atoms with van der Waals surface area (Å²) in [5.74, 6) is -0.567. The number of rotatable bonds is 6. The van der Waals surface area contributed by atoms with Crippen LogP contribution in [0.25, 0.3) is 0 Å². The number of carbonyl (C=O) groups excluding carboxylic acids is 1. The summed E-state index contributed by atoms with van der Waals surface area (Å²) in [4.78, 5) is 12.0. The van der Waals surface area contributed by atoms with E-state index in [-0.39, 0.29) is 11.6 Å². The Morgan fingerprint density at radius 3 is 2.57 bits per heavy atom. The molecule has 6 heteroatoms. The van der Waals surface area contributed by atoms with Crippen molar-refractivity contribution in [2.45, 2.75) is 51.7 Å². The highest BCUT2D eigenvalue weighted by molar-refractivity contribution is 6.00. The monoisotopic (exact) mass is 302 g/mol. The second-order valence-electron chi connectivity index (χ2n) is 5.13. The van der Waals surface area contributed by atoms with Crippen LogP contribution >= 0.6 is 0 Å². The van der Waals surface area contributed by atoms with Gasteiger partial charge in [0.05, 0.1) is 16.8 Å². The Morgan fingerprint density at radius 1 is 1.33 bits per heavy atom. The Bertz CT molecular complexity index is 486. The number of nitrogen functional groups attached to an aromatic ring is 1. The zero-order valence-corrected chi connectivity index (χ0v) is 12.3. The Kier molecular flexibility index (Phi) is 6.05. The van der Waals surface area contributed by atoms with Gasteiger partial charge in [0.1, 0.15) is 0 Å². The first kappa shape index (κ1) is 17.3. The summed E-state index contributed by atoms with van der Waals surface area (Å²) < 4.78 is 38.2. The van der Waals surface area contributed by atoms with Gasteiger partial charge >= 0.3 is 6.18 Å². The summed E-state index contributed by atoms with van der Waals surface area (Å²) in [5.41, 5.74) is 3.85. The molecule has 1 amide bonds. The number of alkyl halides is 3. The fraction of sp³-hybridized carbons (Fsp3) is 0.533. The van der Waals surface area contributed by atoms with Crippen molar-refractivity contribution in [1.29, 1.82) is 0 Å². The predicted molar refractivity (Wildman–Crippen MR) is 76.9 cm³/mol. The predicted octanol–water partition coefficient (Wildman–Crippen LogP) is 3.99. The summed E-state index contributed by atoms with van der Waals surface area (Å²) in [7, 11) is 0. The molecule has 0 aliphatic carbocycles. The van der Waals surface area contributed by atoms with E-state index in [2.05, 4.69) is 12.2 Å². The average Bonchev–Trinajstić information content (AvgIpc) is 2.37. The Labute approximate surface area is 122 Å². The summed E-state index contributed by atoms with van der Waals surface area (Å²) in [6.07, 6.45) is -0.672. The molecular formula is C15H21F3N2O. The van der Waals surface area contributed by atoms with Crippen molar-refractivity contribution in [3.8, 4) is 0 Å². The number of hydrogen-bond acceptors (Lipinski definition) is 2. The molecule has 0 spiro atoms. The largest absolute Gasteiger partial charge is 0.418 e. The quantitative estimate of drug-likeness (QED) is 0.616. The number of hydrogen-bond donors (Lipinski definition) is 2. The van der Waals surface area contributed by atoms with Gasteiger partial charge in [-0.3, -0.25) is 4.79 Å². The van der Waals surface area contributed by atoms with Crippen molar-refractivity contribution in [2.75, 3.05) is 5.73 Å². The number of nitrogens with two attached hydrogens (primary N) is 1. The highest BCUT2D eigenvalue weighted by Crippen LogP contribution is 2.34. The lowest BCUT2D eigenvalue weighted by molar-refractivity contribution is -0.136. The van der Waals surface area contributed by atoms with Crippen molar-refractivity contribution in [3.63, 3.8) is 0 Å². The number of anilines is 1. The third-order valence-corrected chi connectivity index (χ3v) is 3.27. The molecular weight excluding hydrogens is 281 g/mol. The van der Waals surface area contributed by atoms with E-state index in [1.807, 2.05) is 6.92 Å². The minimum absolute atomic E-state index is 0.0991. The first-order chi connectivity index (χ1) is 9.77. The van der Waals surface area contributed by atoms with Crippen LogP contribution in [-0.4, -0.2) is 11.9 Å². The minimum atomic E-state index is -4.56. The molecule has 0 heterocycles. The molecule has 1 atom stereocenters. The maximum atomic E-state index is 12.7. The van der Waals surface area contributed by atoms with E-state index in [0.29, 0.717) is 0 Å². The average molecular weight is 302 g/mol. The fourth-order valence-corrected chi connectivity index (χ4v) is 2.08. The highest BCUT2D eigenvalue weighted by atomic mass is 19.4. The molecule has 0 saturated heterocycles. The number of amides is 1. The van der Waals surface area contributed by atoms with Crippen molar-refractivity contribution in [2.24, 2.45) is 0 Å². The lowest BCUT2D eigenvalue weighted by Gasteiger charge is -2.16. The van der Waals surface area contributed by atoms with Gasteiger partial charge in [0.25, 0.3) is 5.91 Å². The smallest absolute Gasteiger partial charge is 0.398 e. The van der Waals surface area contributed by atoms with Gasteiger partial charge in [-0.15, -0.1) is 0 Å². The van der Waals surface area contributed by atoms with Gasteiger partial charge in [0.2, 0.25) is 0 Å². The zero-order chi connectivity index (χ0) is 16.0. The highest BCUT2D eigenvalue weighted by Gasteiger charge is 2.34. The standard InChI is InChI=1S/C15H21F3N2O/c1-3-4-5-7-10(2)20-14(21)11-8-6-9-12(13(11)19)15(16,17)18/h6,8-10H,3-5,7,19H2,1-2H3,(H,20,21). The maximum Gasteiger partial charge on any atom is 0.418 e. The van der Waals surface area contributed by atoms with E-state index in [1.54, 1.807) is 0 Å². The molecule has 0 aliphatic heterocycles. The maximum absolute atomic E-state index is 12.7. The first-order valence-electron chi connectivity index (χ1n) is 7.04. The van der Waals surface area contributed by atoms with E-state index in [0.717, 1.165) is 31.7 Å². The number of halogens is 3. The minimum Gasteiger partial charge on any atom is -0.398 e. The molecule has 1 unspecified atom stereocenters.